The van der Waals surface area contributed by atoms with Gasteiger partial charge in [0.2, 0.25) is 5.91 Å². The molecule has 6 heteroatoms. The molecule has 0 bridgehead atoms. The number of hydrogen-bond acceptors (Lipinski definition) is 3. The molecule has 26 heavy (non-hydrogen) atoms. The summed E-state index contributed by atoms with van der Waals surface area (Å²) in [6.07, 6.45) is 5.76. The lowest BCUT2D eigenvalue weighted by Crippen LogP contribution is -2.24. The van der Waals surface area contributed by atoms with Crippen LogP contribution in [-0.4, -0.2) is 22.1 Å². The van der Waals surface area contributed by atoms with Gasteiger partial charge in [0.1, 0.15) is 5.75 Å². The van der Waals surface area contributed by atoms with Crippen LogP contribution in [-0.2, 0) is 17.9 Å². The number of rotatable bonds is 8. The number of para-hydroxylation sites is 1. The summed E-state index contributed by atoms with van der Waals surface area (Å²) < 4.78 is 7.53. The van der Waals surface area contributed by atoms with Crippen LogP contribution in [0.25, 0.3) is 0 Å². The van der Waals surface area contributed by atoms with E-state index in [1.54, 1.807) is 24.7 Å². The number of aromatic nitrogens is 2. The van der Waals surface area contributed by atoms with E-state index in [4.69, 9.17) is 16.3 Å². The molecule has 0 aliphatic rings. The van der Waals surface area contributed by atoms with Crippen molar-refractivity contribution in [2.75, 3.05) is 6.61 Å². The maximum Gasteiger partial charge on any atom is 0.223 e. The van der Waals surface area contributed by atoms with E-state index in [9.17, 15) is 4.79 Å². The molecule has 1 N–H and O–H groups in total. The first-order valence-electron chi connectivity index (χ1n) is 8.38. The van der Waals surface area contributed by atoms with Crippen molar-refractivity contribution in [2.24, 2.45) is 0 Å². The molecule has 1 amide bonds. The van der Waals surface area contributed by atoms with Crippen LogP contribution in [0.1, 0.15) is 17.5 Å². The van der Waals surface area contributed by atoms with Gasteiger partial charge in [0.15, 0.2) is 0 Å². The van der Waals surface area contributed by atoms with Crippen LogP contribution in [0.15, 0.2) is 67.3 Å². The molecule has 134 valence electrons. The molecule has 0 atom stereocenters. The van der Waals surface area contributed by atoms with Gasteiger partial charge in [-0.2, -0.15) is 0 Å². The van der Waals surface area contributed by atoms with Gasteiger partial charge in [-0.3, -0.25) is 4.79 Å². The average Bonchev–Trinajstić information content (AvgIpc) is 3.16. The highest BCUT2D eigenvalue weighted by Gasteiger charge is 2.04. The van der Waals surface area contributed by atoms with E-state index in [2.05, 4.69) is 22.4 Å². The van der Waals surface area contributed by atoms with Crippen molar-refractivity contribution in [1.29, 1.82) is 0 Å². The summed E-state index contributed by atoms with van der Waals surface area (Å²) in [7, 11) is 0. The molecule has 0 saturated carbocycles. The molecule has 0 unspecified atom stereocenters. The fourth-order valence-electron chi connectivity index (χ4n) is 2.46. The number of amides is 1. The van der Waals surface area contributed by atoms with Crippen molar-refractivity contribution < 1.29 is 9.53 Å². The van der Waals surface area contributed by atoms with Crippen molar-refractivity contribution in [3.05, 3.63) is 83.4 Å². The smallest absolute Gasteiger partial charge is 0.223 e. The standard InChI is InChI=1S/C20H20ClN3O2/c21-18-3-1-2-4-19(18)26-12-9-20(25)23-13-16-5-7-17(8-6-16)14-24-11-10-22-15-24/h1-8,10-11,15H,9,12-14H2,(H,23,25). The highest BCUT2D eigenvalue weighted by Crippen LogP contribution is 2.23. The van der Waals surface area contributed by atoms with Gasteiger partial charge in [-0.1, -0.05) is 48.0 Å². The minimum atomic E-state index is -0.0560. The first-order chi connectivity index (χ1) is 12.7. The Kier molecular flexibility index (Phi) is 6.28. The molecule has 0 aliphatic carbocycles. The summed E-state index contributed by atoms with van der Waals surface area (Å²) in [5.74, 6) is 0.537. The van der Waals surface area contributed by atoms with Gasteiger partial charge in [-0.25, -0.2) is 4.98 Å². The Balaban J connectivity index is 1.39. The van der Waals surface area contributed by atoms with E-state index < -0.39 is 0 Å². The van der Waals surface area contributed by atoms with Crippen LogP contribution >= 0.6 is 11.6 Å². The third-order valence-corrected chi connectivity index (χ3v) is 4.17. The number of nitrogens with one attached hydrogen (secondary N) is 1. The second kappa shape index (κ2) is 9.06. The lowest BCUT2D eigenvalue weighted by atomic mass is 10.1. The van der Waals surface area contributed by atoms with Gasteiger partial charge in [-0.15, -0.1) is 0 Å². The predicted molar refractivity (Wildman–Crippen MR) is 101 cm³/mol. The summed E-state index contributed by atoms with van der Waals surface area (Å²) in [4.78, 5) is 16.0. The summed E-state index contributed by atoms with van der Waals surface area (Å²) >= 11 is 6.01. The number of carbonyl (C=O) groups excluding carboxylic acids is 1. The van der Waals surface area contributed by atoms with Gasteiger partial charge >= 0.3 is 0 Å². The van der Waals surface area contributed by atoms with Gasteiger partial charge in [0.05, 0.1) is 24.4 Å². The SMILES string of the molecule is O=C(CCOc1ccccc1Cl)NCc1ccc(Cn2ccnc2)cc1. The monoisotopic (exact) mass is 369 g/mol. The molecule has 0 fully saturated rings. The molecular weight excluding hydrogens is 350 g/mol. The fourth-order valence-corrected chi connectivity index (χ4v) is 2.65. The molecular formula is C20H20ClN3O2. The molecule has 1 heterocycles. The molecule has 1 aromatic heterocycles. The zero-order valence-corrected chi connectivity index (χ0v) is 15.0. The Morgan fingerprint density at radius 2 is 1.88 bits per heavy atom. The number of benzene rings is 2. The first kappa shape index (κ1) is 18.0. The fraction of sp³-hybridized carbons (Fsp3) is 0.200. The summed E-state index contributed by atoms with van der Waals surface area (Å²) in [6, 6.07) is 15.4. The van der Waals surface area contributed by atoms with E-state index in [0.717, 1.165) is 12.1 Å². The number of halogens is 1. The van der Waals surface area contributed by atoms with E-state index >= 15 is 0 Å². The van der Waals surface area contributed by atoms with Gasteiger partial charge < -0.3 is 14.6 Å². The lowest BCUT2D eigenvalue weighted by molar-refractivity contribution is -0.121. The van der Waals surface area contributed by atoms with E-state index in [0.29, 0.717) is 23.9 Å². The molecule has 0 saturated heterocycles. The van der Waals surface area contributed by atoms with Crippen LogP contribution in [0.5, 0.6) is 5.75 Å². The zero-order valence-electron chi connectivity index (χ0n) is 14.3. The van der Waals surface area contributed by atoms with Crippen LogP contribution in [0, 0.1) is 0 Å². The van der Waals surface area contributed by atoms with Gasteiger partial charge in [0.25, 0.3) is 0 Å². The third-order valence-electron chi connectivity index (χ3n) is 3.86. The van der Waals surface area contributed by atoms with E-state index in [1.807, 2.05) is 35.0 Å². The molecule has 3 rings (SSSR count). The quantitative estimate of drug-likeness (QED) is 0.659. The van der Waals surface area contributed by atoms with E-state index in [1.165, 1.54) is 5.56 Å². The lowest BCUT2D eigenvalue weighted by Gasteiger charge is -2.09. The third kappa shape index (κ3) is 5.36. The van der Waals surface area contributed by atoms with Crippen molar-refractivity contribution in [2.45, 2.75) is 19.5 Å². The van der Waals surface area contributed by atoms with Gasteiger partial charge in [-0.05, 0) is 23.3 Å². The molecule has 0 spiro atoms. The Labute approximate surface area is 157 Å². The Morgan fingerprint density at radius 3 is 2.62 bits per heavy atom. The van der Waals surface area contributed by atoms with Crippen molar-refractivity contribution >= 4 is 17.5 Å². The van der Waals surface area contributed by atoms with Crippen LogP contribution < -0.4 is 10.1 Å². The normalized spacial score (nSPS) is 10.5. The van der Waals surface area contributed by atoms with Crippen molar-refractivity contribution in [3.8, 4) is 5.75 Å². The highest BCUT2D eigenvalue weighted by atomic mass is 35.5. The first-order valence-corrected chi connectivity index (χ1v) is 8.76. The predicted octanol–water partition coefficient (Wildman–Crippen LogP) is 3.67. The Hall–Kier alpha value is -2.79. The van der Waals surface area contributed by atoms with Crippen molar-refractivity contribution in [3.63, 3.8) is 0 Å². The van der Waals surface area contributed by atoms with Crippen LogP contribution in [0.3, 0.4) is 0 Å². The number of hydrogen-bond donors (Lipinski definition) is 1. The topological polar surface area (TPSA) is 56.1 Å². The molecule has 0 aliphatic heterocycles. The highest BCUT2D eigenvalue weighted by molar-refractivity contribution is 6.32. The second-order valence-corrected chi connectivity index (χ2v) is 6.26. The average molecular weight is 370 g/mol. The summed E-state index contributed by atoms with van der Waals surface area (Å²) in [5, 5.41) is 3.44. The second-order valence-electron chi connectivity index (χ2n) is 5.86. The Bertz CT molecular complexity index is 833. The molecule has 2 aromatic carbocycles. The van der Waals surface area contributed by atoms with Gasteiger partial charge in [0, 0.05) is 25.5 Å². The maximum atomic E-state index is 11.9. The van der Waals surface area contributed by atoms with E-state index in [-0.39, 0.29) is 12.3 Å². The largest absolute Gasteiger partial charge is 0.491 e. The van der Waals surface area contributed by atoms with Crippen LogP contribution in [0.2, 0.25) is 5.02 Å². The minimum Gasteiger partial charge on any atom is -0.491 e. The number of imidazole rings is 1. The summed E-state index contributed by atoms with van der Waals surface area (Å²) in [6.45, 7) is 1.57. The number of nitrogens with zero attached hydrogens (tertiary/aromatic N) is 2. The minimum absolute atomic E-state index is 0.0560. The van der Waals surface area contributed by atoms with Crippen LogP contribution in [0.4, 0.5) is 0 Å². The number of ether oxygens (including phenoxy) is 1. The number of carbonyl (C=O) groups is 1. The Morgan fingerprint density at radius 1 is 1.12 bits per heavy atom. The molecule has 0 radical (unpaired) electrons. The van der Waals surface area contributed by atoms with Crippen molar-refractivity contribution in [1.82, 2.24) is 14.9 Å². The maximum absolute atomic E-state index is 11.9. The molecule has 3 aromatic rings. The zero-order chi connectivity index (χ0) is 18.2. The summed E-state index contributed by atoms with van der Waals surface area (Å²) in [5.41, 5.74) is 2.24. The molecule has 5 nitrogen and oxygen atoms in total.